The number of hydrogen-bond acceptors (Lipinski definition) is 3. The van der Waals surface area contributed by atoms with Crippen molar-refractivity contribution in [1.29, 1.82) is 0 Å². The normalized spacial score (nSPS) is 12.6. The van der Waals surface area contributed by atoms with E-state index in [-0.39, 0.29) is 0 Å². The lowest BCUT2D eigenvalue weighted by atomic mass is 9.67. The van der Waals surface area contributed by atoms with E-state index in [2.05, 4.69) is 200 Å². The number of hydrogen-bond donors (Lipinski definition) is 0. The molecule has 62 heavy (non-hydrogen) atoms. The summed E-state index contributed by atoms with van der Waals surface area (Å²) in [5, 5.41) is 2.20. The van der Waals surface area contributed by atoms with Gasteiger partial charge in [0.1, 0.15) is 11.2 Å². The van der Waals surface area contributed by atoms with E-state index in [1.165, 1.54) is 33.4 Å². The molecule has 0 amide bonds. The van der Waals surface area contributed by atoms with Gasteiger partial charge in [-0.2, -0.15) is 0 Å². The van der Waals surface area contributed by atoms with Crippen molar-refractivity contribution >= 4 is 21.9 Å². The van der Waals surface area contributed by atoms with Crippen LogP contribution in [0.15, 0.2) is 235 Å². The van der Waals surface area contributed by atoms with Gasteiger partial charge in [-0.05, 0) is 86.0 Å². The Morgan fingerprint density at radius 3 is 1.45 bits per heavy atom. The zero-order valence-corrected chi connectivity index (χ0v) is 33.7. The highest BCUT2D eigenvalue weighted by Crippen LogP contribution is 2.57. The van der Waals surface area contributed by atoms with E-state index >= 15 is 0 Å². The molecule has 1 aliphatic rings. The largest absolute Gasteiger partial charge is 0.456 e. The number of para-hydroxylation sites is 1. The number of nitrogens with zero attached hydrogens (tertiary/aromatic N) is 2. The van der Waals surface area contributed by atoms with E-state index in [4.69, 9.17) is 14.4 Å². The maximum atomic E-state index is 6.21. The summed E-state index contributed by atoms with van der Waals surface area (Å²) in [4.78, 5) is 10.6. The SMILES string of the molecule is c1ccc(-c2nc(-c3ccccc3-c3ccc4c(c3)-c3ccccc3C4(c3ccccc3)c3ccccc3)cc(-c3ccccc3-c3ccc4oc5ccccc5c4c3)n2)cc1. The second-order valence-corrected chi connectivity index (χ2v) is 16.0. The van der Waals surface area contributed by atoms with Gasteiger partial charge in [-0.1, -0.05) is 200 Å². The van der Waals surface area contributed by atoms with Crippen LogP contribution >= 0.6 is 0 Å². The first kappa shape index (κ1) is 35.8. The van der Waals surface area contributed by atoms with Crippen molar-refractivity contribution < 1.29 is 4.42 Å². The number of fused-ring (bicyclic) bond motifs is 6. The van der Waals surface area contributed by atoms with Crippen molar-refractivity contribution in [3.05, 3.63) is 253 Å². The molecular formula is C59H38N2O. The minimum atomic E-state index is -0.457. The first-order valence-electron chi connectivity index (χ1n) is 21.1. The third-order valence-corrected chi connectivity index (χ3v) is 12.6. The van der Waals surface area contributed by atoms with Gasteiger partial charge < -0.3 is 4.42 Å². The molecule has 9 aromatic carbocycles. The average molecular weight is 791 g/mol. The Hall–Kier alpha value is -8.14. The van der Waals surface area contributed by atoms with Crippen molar-refractivity contribution in [3.8, 4) is 67.3 Å². The lowest BCUT2D eigenvalue weighted by Crippen LogP contribution is -2.28. The van der Waals surface area contributed by atoms with Crippen LogP contribution in [0.4, 0.5) is 0 Å². The van der Waals surface area contributed by atoms with Gasteiger partial charge in [-0.3, -0.25) is 0 Å². The van der Waals surface area contributed by atoms with Crippen LogP contribution in [0.1, 0.15) is 22.3 Å². The van der Waals surface area contributed by atoms with E-state index in [1.54, 1.807) is 0 Å². The standard InChI is InChI=1S/C59H38N2O/c1-4-18-39(19-5-1)58-60-54(38-55(61-58)48-28-13-11-25-45(48)41-33-35-57-51(37-41)49-29-15-17-31-56(49)62-57)47-27-12-10-24-44(47)40-32-34-53-50(36-40)46-26-14-16-30-52(46)59(53,42-20-6-2-7-21-42)43-22-8-3-9-23-43/h1-38H. The summed E-state index contributed by atoms with van der Waals surface area (Å²) in [5.74, 6) is 0.678. The molecule has 0 saturated carbocycles. The highest BCUT2D eigenvalue weighted by atomic mass is 16.3. The Morgan fingerprint density at radius 2 is 0.790 bits per heavy atom. The average Bonchev–Trinajstić information content (AvgIpc) is 3.88. The Morgan fingerprint density at radius 1 is 0.306 bits per heavy atom. The van der Waals surface area contributed by atoms with Gasteiger partial charge in [-0.15, -0.1) is 0 Å². The van der Waals surface area contributed by atoms with Crippen LogP contribution in [0.25, 0.3) is 89.2 Å². The van der Waals surface area contributed by atoms with Crippen molar-refractivity contribution in [2.75, 3.05) is 0 Å². The van der Waals surface area contributed by atoms with Crippen molar-refractivity contribution in [2.24, 2.45) is 0 Å². The summed E-state index contributed by atoms with van der Waals surface area (Å²) in [7, 11) is 0. The second kappa shape index (κ2) is 14.5. The third kappa shape index (κ3) is 5.67. The van der Waals surface area contributed by atoms with Gasteiger partial charge in [0.25, 0.3) is 0 Å². The molecule has 3 nitrogen and oxygen atoms in total. The molecule has 290 valence electrons. The molecule has 0 unspecified atom stereocenters. The maximum Gasteiger partial charge on any atom is 0.160 e. The van der Waals surface area contributed by atoms with E-state index < -0.39 is 5.41 Å². The molecule has 0 saturated heterocycles. The summed E-state index contributed by atoms with van der Waals surface area (Å²) >= 11 is 0. The van der Waals surface area contributed by atoms with Gasteiger partial charge in [0.15, 0.2) is 5.82 Å². The van der Waals surface area contributed by atoms with Crippen molar-refractivity contribution in [2.45, 2.75) is 5.41 Å². The molecule has 11 aromatic rings. The van der Waals surface area contributed by atoms with Gasteiger partial charge in [0, 0.05) is 27.5 Å². The minimum Gasteiger partial charge on any atom is -0.456 e. The first-order chi connectivity index (χ1) is 30.7. The summed E-state index contributed by atoms with van der Waals surface area (Å²) in [6.07, 6.45) is 0. The molecule has 0 bridgehead atoms. The molecule has 1 aliphatic carbocycles. The fraction of sp³-hybridized carbons (Fsp3) is 0.0169. The Kier molecular flexibility index (Phi) is 8.39. The smallest absolute Gasteiger partial charge is 0.160 e. The summed E-state index contributed by atoms with van der Waals surface area (Å²) in [6.45, 7) is 0. The monoisotopic (exact) mass is 790 g/mol. The maximum absolute atomic E-state index is 6.21. The van der Waals surface area contributed by atoms with Crippen LogP contribution in [0.3, 0.4) is 0 Å². The molecule has 0 N–H and O–H groups in total. The topological polar surface area (TPSA) is 38.9 Å². The van der Waals surface area contributed by atoms with Gasteiger partial charge in [0.2, 0.25) is 0 Å². The predicted molar refractivity (Wildman–Crippen MR) is 254 cm³/mol. The zero-order valence-electron chi connectivity index (χ0n) is 33.7. The Balaban J connectivity index is 1.04. The van der Waals surface area contributed by atoms with Crippen LogP contribution in [-0.2, 0) is 5.41 Å². The Bertz CT molecular complexity index is 3420. The lowest BCUT2D eigenvalue weighted by Gasteiger charge is -2.33. The predicted octanol–water partition coefficient (Wildman–Crippen LogP) is 15.1. The van der Waals surface area contributed by atoms with Gasteiger partial charge >= 0.3 is 0 Å². The summed E-state index contributed by atoms with van der Waals surface area (Å²) in [6, 6.07) is 82.3. The first-order valence-corrected chi connectivity index (χ1v) is 21.1. The molecule has 0 fully saturated rings. The summed E-state index contributed by atoms with van der Waals surface area (Å²) in [5.41, 5.74) is 18.1. The van der Waals surface area contributed by atoms with E-state index in [1.807, 2.05) is 30.3 Å². The molecule has 0 spiro atoms. The molecule has 0 aliphatic heterocycles. The number of aromatic nitrogens is 2. The lowest BCUT2D eigenvalue weighted by molar-refractivity contribution is 0.669. The Labute approximate surface area is 360 Å². The van der Waals surface area contributed by atoms with E-state index in [9.17, 15) is 0 Å². The summed E-state index contributed by atoms with van der Waals surface area (Å²) < 4.78 is 6.21. The van der Waals surface area contributed by atoms with Crippen molar-refractivity contribution in [3.63, 3.8) is 0 Å². The van der Waals surface area contributed by atoms with Crippen LogP contribution in [0.2, 0.25) is 0 Å². The molecule has 0 atom stereocenters. The number of furan rings is 1. The highest BCUT2D eigenvalue weighted by molar-refractivity contribution is 6.06. The van der Waals surface area contributed by atoms with Crippen LogP contribution < -0.4 is 0 Å². The molecule has 0 radical (unpaired) electrons. The van der Waals surface area contributed by atoms with Gasteiger partial charge in [-0.25, -0.2) is 9.97 Å². The zero-order chi connectivity index (χ0) is 41.0. The quantitative estimate of drug-likeness (QED) is 0.161. The van der Waals surface area contributed by atoms with E-state index in [0.717, 1.165) is 72.3 Å². The third-order valence-electron chi connectivity index (χ3n) is 12.6. The second-order valence-electron chi connectivity index (χ2n) is 16.0. The van der Waals surface area contributed by atoms with Gasteiger partial charge in [0.05, 0.1) is 16.8 Å². The molecule has 12 rings (SSSR count). The fourth-order valence-corrected chi connectivity index (χ4v) is 9.87. The van der Waals surface area contributed by atoms with E-state index in [0.29, 0.717) is 5.82 Å². The molecule has 3 heteroatoms. The molecule has 2 heterocycles. The van der Waals surface area contributed by atoms with Crippen LogP contribution in [0.5, 0.6) is 0 Å². The number of benzene rings is 9. The molecule has 2 aromatic heterocycles. The van der Waals surface area contributed by atoms with Crippen molar-refractivity contribution in [1.82, 2.24) is 9.97 Å². The number of rotatable bonds is 7. The highest BCUT2D eigenvalue weighted by Gasteiger charge is 2.46. The minimum absolute atomic E-state index is 0.457. The van der Waals surface area contributed by atoms with Crippen LogP contribution in [0, 0.1) is 0 Å². The molecular weight excluding hydrogens is 753 g/mol. The van der Waals surface area contributed by atoms with Crippen LogP contribution in [-0.4, -0.2) is 9.97 Å². The fourth-order valence-electron chi connectivity index (χ4n) is 9.87.